The van der Waals surface area contributed by atoms with Crippen molar-refractivity contribution in [3.8, 4) is 0 Å². The highest BCUT2D eigenvalue weighted by Crippen LogP contribution is 2.09. The Kier molecular flexibility index (Phi) is 2.59. The zero-order valence-corrected chi connectivity index (χ0v) is 6.87. The van der Waals surface area contributed by atoms with Crippen LogP contribution >= 0.6 is 0 Å². The van der Waals surface area contributed by atoms with Gasteiger partial charge in [0.05, 0.1) is 6.04 Å². The minimum Gasteiger partial charge on any atom is -0.339 e. The predicted octanol–water partition coefficient (Wildman–Crippen LogP) is 1.04. The van der Waals surface area contributed by atoms with E-state index in [2.05, 4.69) is 10.1 Å². The monoisotopic (exact) mass is 155 g/mol. The first-order valence-corrected chi connectivity index (χ1v) is 3.86. The molecule has 0 aromatic carbocycles. The fourth-order valence-electron chi connectivity index (χ4n) is 0.745. The van der Waals surface area contributed by atoms with Gasteiger partial charge in [0.25, 0.3) is 0 Å². The zero-order valence-electron chi connectivity index (χ0n) is 6.87. The van der Waals surface area contributed by atoms with Crippen LogP contribution in [0.15, 0.2) is 4.52 Å². The van der Waals surface area contributed by atoms with E-state index < -0.39 is 0 Å². The molecule has 0 fully saturated rings. The molecule has 1 unspecified atom stereocenters. The van der Waals surface area contributed by atoms with E-state index >= 15 is 0 Å². The highest BCUT2D eigenvalue weighted by Gasteiger charge is 2.10. The minimum absolute atomic E-state index is 0.0842. The fourth-order valence-corrected chi connectivity index (χ4v) is 0.745. The maximum atomic E-state index is 5.68. The Morgan fingerprint density at radius 3 is 2.73 bits per heavy atom. The van der Waals surface area contributed by atoms with Gasteiger partial charge in [0.2, 0.25) is 5.89 Å². The molecule has 4 nitrogen and oxygen atoms in total. The predicted molar refractivity (Wildman–Crippen MR) is 40.9 cm³/mol. The molecule has 2 N–H and O–H groups in total. The Morgan fingerprint density at radius 1 is 1.55 bits per heavy atom. The topological polar surface area (TPSA) is 64.9 Å². The van der Waals surface area contributed by atoms with Crippen molar-refractivity contribution in [3.63, 3.8) is 0 Å². The Balaban J connectivity index is 2.71. The van der Waals surface area contributed by atoms with Gasteiger partial charge in [-0.25, -0.2) is 0 Å². The van der Waals surface area contributed by atoms with Crippen LogP contribution in [-0.2, 0) is 6.42 Å². The van der Waals surface area contributed by atoms with Crippen molar-refractivity contribution in [2.24, 2.45) is 5.73 Å². The number of rotatable bonds is 3. The van der Waals surface area contributed by atoms with Gasteiger partial charge >= 0.3 is 0 Å². The quantitative estimate of drug-likeness (QED) is 0.708. The summed E-state index contributed by atoms with van der Waals surface area (Å²) in [6.45, 7) is 3.96. The standard InChI is InChI=1S/C7H13N3O/c1-3-5(8)7-9-6(4-2)11-10-7/h5H,3-4,8H2,1-2H3. The second-order valence-corrected chi connectivity index (χ2v) is 2.41. The molecule has 0 aliphatic carbocycles. The molecule has 1 aromatic rings. The lowest BCUT2D eigenvalue weighted by atomic mass is 10.2. The average molecular weight is 155 g/mol. The van der Waals surface area contributed by atoms with Gasteiger partial charge in [-0.2, -0.15) is 4.98 Å². The summed E-state index contributed by atoms with van der Waals surface area (Å²) in [6, 6.07) is -0.0842. The van der Waals surface area contributed by atoms with E-state index in [1.54, 1.807) is 0 Å². The van der Waals surface area contributed by atoms with Crippen LogP contribution in [0.1, 0.15) is 38.0 Å². The van der Waals surface area contributed by atoms with E-state index in [0.29, 0.717) is 11.7 Å². The summed E-state index contributed by atoms with van der Waals surface area (Å²) < 4.78 is 4.90. The van der Waals surface area contributed by atoms with Crippen molar-refractivity contribution in [2.75, 3.05) is 0 Å². The number of hydrogen-bond donors (Lipinski definition) is 1. The molecule has 62 valence electrons. The molecule has 0 saturated carbocycles. The molecule has 1 atom stereocenters. The van der Waals surface area contributed by atoms with Gasteiger partial charge in [-0.05, 0) is 6.42 Å². The van der Waals surface area contributed by atoms with Crippen LogP contribution < -0.4 is 5.73 Å². The van der Waals surface area contributed by atoms with Crippen molar-refractivity contribution in [1.29, 1.82) is 0 Å². The molecular formula is C7H13N3O. The molecule has 0 bridgehead atoms. The summed E-state index contributed by atoms with van der Waals surface area (Å²) in [5.74, 6) is 1.27. The van der Waals surface area contributed by atoms with Gasteiger partial charge < -0.3 is 10.3 Å². The molecule has 1 rings (SSSR count). The third kappa shape index (κ3) is 1.77. The van der Waals surface area contributed by atoms with E-state index in [-0.39, 0.29) is 6.04 Å². The van der Waals surface area contributed by atoms with E-state index in [1.807, 2.05) is 13.8 Å². The largest absolute Gasteiger partial charge is 0.339 e. The molecule has 0 radical (unpaired) electrons. The zero-order chi connectivity index (χ0) is 8.27. The highest BCUT2D eigenvalue weighted by atomic mass is 16.5. The lowest BCUT2D eigenvalue weighted by Crippen LogP contribution is -2.10. The summed E-state index contributed by atoms with van der Waals surface area (Å²) in [6.07, 6.45) is 1.60. The van der Waals surface area contributed by atoms with E-state index in [0.717, 1.165) is 12.8 Å². The molecule has 0 spiro atoms. The first kappa shape index (κ1) is 8.20. The van der Waals surface area contributed by atoms with Crippen molar-refractivity contribution in [3.05, 3.63) is 11.7 Å². The van der Waals surface area contributed by atoms with Gasteiger partial charge in [0, 0.05) is 6.42 Å². The van der Waals surface area contributed by atoms with Crippen LogP contribution in [0.25, 0.3) is 0 Å². The average Bonchev–Trinajstić information content (AvgIpc) is 2.50. The molecule has 11 heavy (non-hydrogen) atoms. The third-order valence-corrected chi connectivity index (χ3v) is 1.56. The number of nitrogens with two attached hydrogens (primary N) is 1. The summed E-state index contributed by atoms with van der Waals surface area (Å²) in [4.78, 5) is 4.10. The van der Waals surface area contributed by atoms with Crippen LogP contribution in [0, 0.1) is 0 Å². The second-order valence-electron chi connectivity index (χ2n) is 2.41. The van der Waals surface area contributed by atoms with Crippen LogP contribution in [0.5, 0.6) is 0 Å². The lowest BCUT2D eigenvalue weighted by molar-refractivity contribution is 0.372. The minimum atomic E-state index is -0.0842. The lowest BCUT2D eigenvalue weighted by Gasteiger charge is -1.98. The van der Waals surface area contributed by atoms with Crippen molar-refractivity contribution in [2.45, 2.75) is 32.7 Å². The molecule has 1 aromatic heterocycles. The van der Waals surface area contributed by atoms with Gasteiger partial charge in [-0.1, -0.05) is 19.0 Å². The maximum absolute atomic E-state index is 5.68. The van der Waals surface area contributed by atoms with Gasteiger partial charge in [-0.3, -0.25) is 0 Å². The van der Waals surface area contributed by atoms with E-state index in [4.69, 9.17) is 10.3 Å². The van der Waals surface area contributed by atoms with Gasteiger partial charge in [0.1, 0.15) is 0 Å². The van der Waals surface area contributed by atoms with E-state index in [1.165, 1.54) is 0 Å². The smallest absolute Gasteiger partial charge is 0.226 e. The summed E-state index contributed by atoms with van der Waals surface area (Å²) >= 11 is 0. The molecule has 4 heteroatoms. The number of aromatic nitrogens is 2. The summed E-state index contributed by atoms with van der Waals surface area (Å²) in [7, 11) is 0. The molecule has 0 aliphatic heterocycles. The van der Waals surface area contributed by atoms with E-state index in [9.17, 15) is 0 Å². The van der Waals surface area contributed by atoms with Crippen molar-refractivity contribution >= 4 is 0 Å². The van der Waals surface area contributed by atoms with Crippen LogP contribution in [0.3, 0.4) is 0 Å². The maximum Gasteiger partial charge on any atom is 0.226 e. The Morgan fingerprint density at radius 2 is 2.27 bits per heavy atom. The molecule has 0 saturated heterocycles. The highest BCUT2D eigenvalue weighted by molar-refractivity contribution is 4.91. The molecule has 0 aliphatic rings. The summed E-state index contributed by atoms with van der Waals surface area (Å²) in [5.41, 5.74) is 5.68. The van der Waals surface area contributed by atoms with Crippen molar-refractivity contribution < 1.29 is 4.52 Å². The van der Waals surface area contributed by atoms with Crippen molar-refractivity contribution in [1.82, 2.24) is 10.1 Å². The van der Waals surface area contributed by atoms with Gasteiger partial charge in [0.15, 0.2) is 5.82 Å². The molecular weight excluding hydrogens is 142 g/mol. The van der Waals surface area contributed by atoms with Crippen LogP contribution in [-0.4, -0.2) is 10.1 Å². The molecule has 1 heterocycles. The number of hydrogen-bond acceptors (Lipinski definition) is 4. The third-order valence-electron chi connectivity index (χ3n) is 1.56. The number of nitrogens with zero attached hydrogens (tertiary/aromatic N) is 2. The Hall–Kier alpha value is -0.900. The Bertz CT molecular complexity index is 221. The van der Waals surface area contributed by atoms with Crippen LogP contribution in [0.2, 0.25) is 0 Å². The Labute approximate surface area is 65.8 Å². The normalized spacial score (nSPS) is 13.4. The van der Waals surface area contributed by atoms with Gasteiger partial charge in [-0.15, -0.1) is 0 Å². The number of aryl methyl sites for hydroxylation is 1. The second kappa shape index (κ2) is 3.48. The van der Waals surface area contributed by atoms with Crippen LogP contribution in [0.4, 0.5) is 0 Å². The molecule has 0 amide bonds. The first-order chi connectivity index (χ1) is 5.27. The SMILES string of the molecule is CCc1nc(C(N)CC)no1. The fraction of sp³-hybridized carbons (Fsp3) is 0.714. The first-order valence-electron chi connectivity index (χ1n) is 3.86. The summed E-state index contributed by atoms with van der Waals surface area (Å²) in [5, 5.41) is 3.75.